The molecule has 0 radical (unpaired) electrons. The summed E-state index contributed by atoms with van der Waals surface area (Å²) in [6.45, 7) is 2.54. The molecule has 0 amide bonds. The standard InChI is InChI=1S/C14H12N2O2/c1-2-18-9-5-6-12-11(8-9)13(17)10-4-3-7-15-14(10)16-12/h3-9H,2H2,1H3. The molecule has 4 heteroatoms. The lowest BCUT2D eigenvalue weighted by Gasteiger charge is -2.20. The second-order valence-electron chi connectivity index (χ2n) is 4.06. The second-order valence-corrected chi connectivity index (χ2v) is 4.06. The number of hydrogen-bond donors (Lipinski definition) is 0. The molecule has 1 atom stereocenters. The monoisotopic (exact) mass is 240 g/mol. The highest BCUT2D eigenvalue weighted by Crippen LogP contribution is 2.28. The van der Waals surface area contributed by atoms with Crippen LogP contribution < -0.4 is 0 Å². The molecule has 18 heavy (non-hydrogen) atoms. The molecule has 1 aliphatic heterocycles. The van der Waals surface area contributed by atoms with Gasteiger partial charge in [0.15, 0.2) is 11.6 Å². The second kappa shape index (κ2) is 4.31. The minimum Gasteiger partial charge on any atom is -0.370 e. The molecule has 1 aromatic rings. The van der Waals surface area contributed by atoms with Gasteiger partial charge in [-0.3, -0.25) is 4.79 Å². The van der Waals surface area contributed by atoms with E-state index in [2.05, 4.69) is 9.98 Å². The van der Waals surface area contributed by atoms with Crippen LogP contribution in [-0.2, 0) is 4.74 Å². The third-order valence-electron chi connectivity index (χ3n) is 2.91. The molecule has 1 unspecified atom stereocenters. The van der Waals surface area contributed by atoms with E-state index in [0.29, 0.717) is 29.3 Å². The average molecular weight is 240 g/mol. The quantitative estimate of drug-likeness (QED) is 0.796. The number of aromatic nitrogens is 1. The van der Waals surface area contributed by atoms with Crippen LogP contribution in [0, 0.1) is 0 Å². The van der Waals surface area contributed by atoms with Crippen LogP contribution in [0.5, 0.6) is 0 Å². The van der Waals surface area contributed by atoms with Gasteiger partial charge in [-0.2, -0.15) is 0 Å². The number of ketones is 1. The summed E-state index contributed by atoms with van der Waals surface area (Å²) in [5, 5.41) is 0. The number of carbonyl (C=O) groups is 1. The van der Waals surface area contributed by atoms with Crippen LogP contribution in [0.15, 0.2) is 47.1 Å². The first-order valence-corrected chi connectivity index (χ1v) is 5.90. The van der Waals surface area contributed by atoms with E-state index in [9.17, 15) is 4.79 Å². The normalized spacial score (nSPS) is 20.9. The fraction of sp³-hybridized carbons (Fsp3) is 0.214. The van der Waals surface area contributed by atoms with Crippen molar-refractivity contribution in [2.45, 2.75) is 13.0 Å². The predicted octanol–water partition coefficient (Wildman–Crippen LogP) is 2.25. The molecule has 0 N–H and O–H groups in total. The van der Waals surface area contributed by atoms with E-state index in [1.807, 2.05) is 25.2 Å². The van der Waals surface area contributed by atoms with Crippen LogP contribution in [0.2, 0.25) is 0 Å². The van der Waals surface area contributed by atoms with Gasteiger partial charge >= 0.3 is 0 Å². The maximum atomic E-state index is 12.3. The molecule has 4 nitrogen and oxygen atoms in total. The molecular formula is C14H12N2O2. The van der Waals surface area contributed by atoms with Crippen LogP contribution in [0.25, 0.3) is 0 Å². The summed E-state index contributed by atoms with van der Waals surface area (Å²) in [7, 11) is 0. The van der Waals surface area contributed by atoms with Crippen molar-refractivity contribution in [3.8, 4) is 0 Å². The number of fused-ring (bicyclic) bond motifs is 2. The minimum absolute atomic E-state index is 0.0304. The smallest absolute Gasteiger partial charge is 0.198 e. The summed E-state index contributed by atoms with van der Waals surface area (Å²) in [6, 6.07) is 3.50. The topological polar surface area (TPSA) is 51.6 Å². The Morgan fingerprint density at radius 3 is 3.17 bits per heavy atom. The van der Waals surface area contributed by atoms with Crippen molar-refractivity contribution in [2.75, 3.05) is 6.61 Å². The van der Waals surface area contributed by atoms with Crippen molar-refractivity contribution in [3.63, 3.8) is 0 Å². The number of aliphatic imine (C=N–C) groups is 1. The summed E-state index contributed by atoms with van der Waals surface area (Å²) in [5.74, 6) is 0.464. The maximum Gasteiger partial charge on any atom is 0.198 e. The van der Waals surface area contributed by atoms with Gasteiger partial charge in [0, 0.05) is 18.4 Å². The summed E-state index contributed by atoms with van der Waals surface area (Å²) < 4.78 is 5.48. The zero-order valence-electron chi connectivity index (χ0n) is 9.96. The molecule has 1 aromatic heterocycles. The van der Waals surface area contributed by atoms with E-state index in [0.717, 1.165) is 0 Å². The lowest BCUT2D eigenvalue weighted by Crippen LogP contribution is -2.23. The summed E-state index contributed by atoms with van der Waals surface area (Å²) in [4.78, 5) is 20.8. The predicted molar refractivity (Wildman–Crippen MR) is 68.3 cm³/mol. The average Bonchev–Trinajstić information content (AvgIpc) is 2.40. The lowest BCUT2D eigenvalue weighted by molar-refractivity contribution is 0.102. The molecule has 0 saturated heterocycles. The van der Waals surface area contributed by atoms with Crippen molar-refractivity contribution in [1.29, 1.82) is 0 Å². The van der Waals surface area contributed by atoms with E-state index in [4.69, 9.17) is 4.74 Å². The lowest BCUT2D eigenvalue weighted by atomic mass is 9.92. The van der Waals surface area contributed by atoms with Gasteiger partial charge in [0.25, 0.3) is 0 Å². The molecule has 0 bridgehead atoms. The van der Waals surface area contributed by atoms with Crippen LogP contribution in [0.3, 0.4) is 0 Å². The largest absolute Gasteiger partial charge is 0.370 e. The molecule has 3 rings (SSSR count). The zero-order chi connectivity index (χ0) is 12.5. The van der Waals surface area contributed by atoms with Crippen molar-refractivity contribution in [1.82, 2.24) is 4.98 Å². The number of Topliss-reactive ketones (excluding diaryl/α,β-unsaturated/α-hetero) is 1. The molecule has 90 valence electrons. The van der Waals surface area contributed by atoms with Gasteiger partial charge < -0.3 is 4.74 Å². The van der Waals surface area contributed by atoms with Gasteiger partial charge in [-0.15, -0.1) is 0 Å². The Bertz CT molecular complexity index is 600. The van der Waals surface area contributed by atoms with Crippen LogP contribution in [0.4, 0.5) is 5.82 Å². The summed E-state index contributed by atoms with van der Waals surface area (Å²) >= 11 is 0. The highest BCUT2D eigenvalue weighted by Gasteiger charge is 2.27. The molecule has 2 heterocycles. The third kappa shape index (κ3) is 1.71. The Morgan fingerprint density at radius 1 is 1.44 bits per heavy atom. The van der Waals surface area contributed by atoms with E-state index < -0.39 is 0 Å². The fourth-order valence-electron chi connectivity index (χ4n) is 2.09. The first-order valence-electron chi connectivity index (χ1n) is 5.90. The number of pyridine rings is 1. The van der Waals surface area contributed by atoms with Crippen molar-refractivity contribution >= 4 is 17.3 Å². The van der Waals surface area contributed by atoms with E-state index in [1.54, 1.807) is 18.3 Å². The van der Waals surface area contributed by atoms with Gasteiger partial charge in [0.05, 0.1) is 17.4 Å². The van der Waals surface area contributed by atoms with Gasteiger partial charge in [-0.1, -0.05) is 0 Å². The number of carbonyl (C=O) groups excluding carboxylic acids is 1. The van der Waals surface area contributed by atoms with Gasteiger partial charge in [-0.05, 0) is 37.3 Å². The number of rotatable bonds is 2. The first kappa shape index (κ1) is 11.0. The van der Waals surface area contributed by atoms with Crippen LogP contribution in [-0.4, -0.2) is 29.2 Å². The van der Waals surface area contributed by atoms with Crippen molar-refractivity contribution < 1.29 is 9.53 Å². The van der Waals surface area contributed by atoms with Crippen LogP contribution >= 0.6 is 0 Å². The molecule has 0 saturated carbocycles. The van der Waals surface area contributed by atoms with Gasteiger partial charge in [0.2, 0.25) is 0 Å². The zero-order valence-corrected chi connectivity index (χ0v) is 9.96. The van der Waals surface area contributed by atoms with Gasteiger partial charge in [0.1, 0.15) is 0 Å². The number of ether oxygens (including phenoxy) is 1. The summed E-state index contributed by atoms with van der Waals surface area (Å²) in [6.07, 6.45) is 7.03. The van der Waals surface area contributed by atoms with E-state index >= 15 is 0 Å². The summed E-state index contributed by atoms with van der Waals surface area (Å²) in [5.41, 5.74) is 1.83. The van der Waals surface area contributed by atoms with Gasteiger partial charge in [-0.25, -0.2) is 9.98 Å². The SMILES string of the molecule is CCOC1C=CC2=Nc3ncccc3C(=O)C2=C1. The minimum atomic E-state index is -0.147. The third-order valence-corrected chi connectivity index (χ3v) is 2.91. The van der Waals surface area contributed by atoms with E-state index in [1.165, 1.54) is 0 Å². The Morgan fingerprint density at radius 2 is 2.33 bits per heavy atom. The number of hydrogen-bond acceptors (Lipinski definition) is 4. The number of allylic oxidation sites excluding steroid dienone is 2. The Kier molecular flexibility index (Phi) is 2.64. The first-order chi connectivity index (χ1) is 8.79. The van der Waals surface area contributed by atoms with Crippen molar-refractivity contribution in [3.05, 3.63) is 47.7 Å². The molecule has 0 aromatic carbocycles. The Hall–Kier alpha value is -2.07. The van der Waals surface area contributed by atoms with Crippen molar-refractivity contribution in [2.24, 2.45) is 4.99 Å². The highest BCUT2D eigenvalue weighted by atomic mass is 16.5. The maximum absolute atomic E-state index is 12.3. The Balaban J connectivity index is 2.06. The molecule has 0 fully saturated rings. The molecule has 0 spiro atoms. The number of nitrogens with zero attached hydrogens (tertiary/aromatic N) is 2. The van der Waals surface area contributed by atoms with Crippen LogP contribution in [0.1, 0.15) is 17.3 Å². The molecule has 1 aliphatic carbocycles. The van der Waals surface area contributed by atoms with E-state index in [-0.39, 0.29) is 11.9 Å². The Labute approximate surface area is 105 Å². The molecular weight excluding hydrogens is 228 g/mol. The molecule has 2 aliphatic rings. The highest BCUT2D eigenvalue weighted by molar-refractivity contribution is 6.35. The fourth-order valence-corrected chi connectivity index (χ4v) is 2.09.